The Morgan fingerprint density at radius 2 is 0.500 bits per heavy atom. The molecule has 8 fully saturated rings. The average Bonchev–Trinajstić information content (AvgIpc) is 3.61. The van der Waals surface area contributed by atoms with Crippen LogP contribution in [-0.4, -0.2) is 83.3 Å². The third kappa shape index (κ3) is 9.02. The lowest BCUT2D eigenvalue weighted by molar-refractivity contribution is -0.0286. The van der Waals surface area contributed by atoms with Gasteiger partial charge >= 0.3 is 0 Å². The zero-order chi connectivity index (χ0) is 52.7. The van der Waals surface area contributed by atoms with Gasteiger partial charge < -0.3 is 56.8 Å². The number of hydrogen-bond donors (Lipinski definition) is 0. The fraction of sp³-hybridized carbons (Fsp3) is 0.500. The van der Waals surface area contributed by atoms with E-state index >= 15 is 0 Å². The van der Waals surface area contributed by atoms with Gasteiger partial charge in [0.05, 0.1) is 56.9 Å². The van der Waals surface area contributed by atoms with E-state index in [1.165, 1.54) is 35.1 Å². The summed E-state index contributed by atoms with van der Waals surface area (Å²) in [4.78, 5) is 0. The summed E-state index contributed by atoms with van der Waals surface area (Å²) in [6.45, 7) is 0.328. The second kappa shape index (κ2) is 20.7. The van der Waals surface area contributed by atoms with Crippen molar-refractivity contribution in [1.82, 2.24) is 0 Å². The minimum atomic E-state index is -0.0944. The van der Waals surface area contributed by atoms with E-state index < -0.39 is 0 Å². The topological polar surface area (TPSA) is 111 Å². The van der Waals surface area contributed by atoms with Crippen molar-refractivity contribution >= 4 is 0 Å². The first-order chi connectivity index (χ1) is 37.1. The van der Waals surface area contributed by atoms with Gasteiger partial charge in [-0.15, -0.1) is 0 Å². The van der Waals surface area contributed by atoms with Crippen molar-refractivity contribution in [2.75, 3.05) is 83.3 Å². The van der Waals surface area contributed by atoms with E-state index in [0.29, 0.717) is 92.7 Å². The molecule has 10 aliphatic heterocycles. The Kier molecular flexibility index (Phi) is 13.8. The van der Waals surface area contributed by atoms with Gasteiger partial charge in [0.1, 0.15) is 26.4 Å². The van der Waals surface area contributed by atoms with E-state index in [1.54, 1.807) is 56.9 Å². The molecule has 8 aliphatic carbocycles. The molecule has 4 aromatic carbocycles. The molecule has 396 valence electrons. The van der Waals surface area contributed by atoms with E-state index in [4.69, 9.17) is 56.8 Å². The van der Waals surface area contributed by atoms with E-state index in [0.717, 1.165) is 64.2 Å². The van der Waals surface area contributed by atoms with Gasteiger partial charge in [-0.05, 0) is 241 Å². The Morgan fingerprint density at radius 3 is 0.671 bits per heavy atom. The minimum absolute atomic E-state index is 0.0821. The Morgan fingerprint density at radius 1 is 0.316 bits per heavy atom. The number of benzene rings is 4. The lowest BCUT2D eigenvalue weighted by Crippen LogP contribution is -2.56. The Bertz CT molecular complexity index is 2620. The zero-order valence-electron chi connectivity index (χ0n) is 45.1. The summed E-state index contributed by atoms with van der Waals surface area (Å²) in [7, 11) is 13.4. The summed E-state index contributed by atoms with van der Waals surface area (Å²) in [5, 5.41) is 0. The average molecular weight is 1030 g/mol. The summed E-state index contributed by atoms with van der Waals surface area (Å²) in [5.74, 6) is 33.1. The van der Waals surface area contributed by atoms with Crippen molar-refractivity contribution in [3.05, 3.63) is 70.8 Å². The first kappa shape index (κ1) is 50.9. The first-order valence-corrected chi connectivity index (χ1v) is 26.5. The van der Waals surface area contributed by atoms with Gasteiger partial charge in [0.15, 0.2) is 46.0 Å². The zero-order valence-corrected chi connectivity index (χ0v) is 45.1. The van der Waals surface area contributed by atoms with Gasteiger partial charge in [-0.2, -0.15) is 0 Å². The van der Waals surface area contributed by atoms with E-state index in [1.807, 2.05) is 0 Å². The molecule has 0 saturated heterocycles. The molecule has 4 aromatic rings. The maximum Gasteiger partial charge on any atom is 0.204 e. The molecule has 0 unspecified atom stereocenters. The lowest BCUT2D eigenvalue weighted by atomic mass is 9.41. The predicted molar refractivity (Wildman–Crippen MR) is 287 cm³/mol. The molecule has 12 nitrogen and oxygen atoms in total. The minimum Gasteiger partial charge on any atom is -0.493 e. The molecule has 0 N–H and O–H groups in total. The van der Waals surface area contributed by atoms with Gasteiger partial charge in [-0.25, -0.2) is 0 Å². The molecule has 4 spiro atoms. The van der Waals surface area contributed by atoms with Crippen LogP contribution in [0, 0.1) is 71.0 Å². The van der Waals surface area contributed by atoms with Crippen molar-refractivity contribution < 1.29 is 56.8 Å². The van der Waals surface area contributed by atoms with Crippen LogP contribution in [0.5, 0.6) is 69.0 Å². The molecular formula is C64H68O12. The summed E-state index contributed by atoms with van der Waals surface area (Å²) >= 11 is 0. The van der Waals surface area contributed by atoms with Crippen LogP contribution < -0.4 is 56.8 Å². The molecule has 0 amide bonds. The van der Waals surface area contributed by atoms with Crippen molar-refractivity contribution in [1.29, 1.82) is 0 Å². The number of ether oxygens (including phenoxy) is 12. The monoisotopic (exact) mass is 1030 g/mol. The number of rotatable bonds is 8. The van der Waals surface area contributed by atoms with E-state index in [-0.39, 0.29) is 48.1 Å². The molecular weight excluding hydrogens is 961 g/mol. The normalized spacial score (nSPS) is 28.3. The van der Waals surface area contributed by atoms with E-state index in [2.05, 4.69) is 95.9 Å². The smallest absolute Gasteiger partial charge is 0.204 e. The molecule has 12 heteroatoms. The summed E-state index contributed by atoms with van der Waals surface area (Å²) in [5.41, 5.74) is 4.43. The van der Waals surface area contributed by atoms with Gasteiger partial charge in [-0.1, -0.05) is 0 Å². The molecule has 0 aromatic heterocycles. The quantitative estimate of drug-likeness (QED) is 0.157. The molecule has 76 heavy (non-hydrogen) atoms. The SMILES string of the molecule is COc1cc2cc(OC)c1OCC#CC#CCOc1c(OC)cc(cc1OC)C13CC4CC(C1)CC(C4)(C3)c1cc(OC)c(c(OC)c1)OCC#CC#CCOc1c(OC)cc(cc1OC)C13CC4CC(CC2(C4)C1)C3. The summed E-state index contributed by atoms with van der Waals surface area (Å²) in [6.07, 6.45) is 13.1. The molecule has 0 atom stereocenters. The van der Waals surface area contributed by atoms with Crippen LogP contribution in [-0.2, 0) is 21.7 Å². The Balaban J connectivity index is 0.930. The van der Waals surface area contributed by atoms with Crippen molar-refractivity contribution in [3.8, 4) is 116 Å². The second-order valence-corrected chi connectivity index (χ2v) is 22.2. The molecule has 22 rings (SSSR count). The second-order valence-electron chi connectivity index (χ2n) is 22.2. The molecule has 8 saturated carbocycles. The van der Waals surface area contributed by atoms with Gasteiger partial charge in [-0.3, -0.25) is 0 Å². The highest BCUT2D eigenvalue weighted by Crippen LogP contribution is 2.69. The van der Waals surface area contributed by atoms with Crippen LogP contribution in [0.1, 0.15) is 99.3 Å². The van der Waals surface area contributed by atoms with Crippen LogP contribution in [0.3, 0.4) is 0 Å². The Hall–Kier alpha value is -7.28. The van der Waals surface area contributed by atoms with Crippen molar-refractivity contribution in [2.24, 2.45) is 23.7 Å². The van der Waals surface area contributed by atoms with E-state index in [9.17, 15) is 0 Å². The largest absolute Gasteiger partial charge is 0.493 e. The lowest BCUT2D eigenvalue weighted by Gasteiger charge is -2.63. The molecule has 10 heterocycles. The van der Waals surface area contributed by atoms with Crippen molar-refractivity contribution in [2.45, 2.75) is 98.7 Å². The third-order valence-electron chi connectivity index (χ3n) is 18.0. The molecule has 18 aliphatic rings. The highest BCUT2D eigenvalue weighted by Gasteiger charge is 2.61. The molecule has 0 radical (unpaired) electrons. The third-order valence-corrected chi connectivity index (χ3v) is 18.0. The number of hydrogen-bond acceptors (Lipinski definition) is 12. The van der Waals surface area contributed by atoms with Gasteiger partial charge in [0.25, 0.3) is 0 Å². The fourth-order valence-corrected chi connectivity index (χ4v) is 15.9. The maximum atomic E-state index is 6.29. The van der Waals surface area contributed by atoms with Gasteiger partial charge in [0, 0.05) is 0 Å². The summed E-state index contributed by atoms with van der Waals surface area (Å²) < 4.78 is 73.5. The van der Waals surface area contributed by atoms with Crippen LogP contribution in [0.4, 0.5) is 0 Å². The standard InChI is InChI=1S/C64H68O12/c1-65-49-23-45-24-50(66-2)57(49)73-17-13-9-10-14-18-74-59-53(69-5)27-47(28-54(59)70-6)63-35-43-22-44(36-63)38-64(37-43,40-63)48-29-55(71-7)60(56(30-48)72-8)76-20-16-12-11-15-19-75-58-51(67-3)25-46(26-52(58)68-4)62-33-41-21-42(34-62)32-61(45,31-41)39-62/h23-30,41-44H,17-22,31-40H2,1-8H3. The van der Waals surface area contributed by atoms with Gasteiger partial charge in [0.2, 0.25) is 23.0 Å². The first-order valence-electron chi connectivity index (χ1n) is 26.5. The van der Waals surface area contributed by atoms with Crippen molar-refractivity contribution in [3.63, 3.8) is 0 Å². The Labute approximate surface area is 448 Å². The fourth-order valence-electron chi connectivity index (χ4n) is 15.9. The predicted octanol–water partition coefficient (Wildman–Crippen LogP) is 10.6. The van der Waals surface area contributed by atoms with Crippen LogP contribution in [0.15, 0.2) is 48.5 Å². The van der Waals surface area contributed by atoms with Crippen LogP contribution in [0.25, 0.3) is 0 Å². The highest BCUT2D eigenvalue weighted by atomic mass is 16.6. The molecule has 16 bridgehead atoms. The van der Waals surface area contributed by atoms with Crippen LogP contribution >= 0.6 is 0 Å². The van der Waals surface area contributed by atoms with Crippen LogP contribution in [0.2, 0.25) is 0 Å². The summed E-state index contributed by atoms with van der Waals surface area (Å²) in [6, 6.07) is 17.2. The number of methoxy groups -OCH3 is 8. The maximum absolute atomic E-state index is 6.29. The highest BCUT2D eigenvalue weighted by molar-refractivity contribution is 5.61.